The van der Waals surface area contributed by atoms with Crippen LogP contribution >= 0.6 is 0 Å². The lowest BCUT2D eigenvalue weighted by molar-refractivity contribution is -0.117. The molecule has 25 heavy (non-hydrogen) atoms. The highest BCUT2D eigenvalue weighted by Crippen LogP contribution is 2.17. The number of aldehydes is 1. The number of rotatable bonds is 7. The Kier molecular flexibility index (Phi) is 5.90. The van der Waals surface area contributed by atoms with E-state index in [1.807, 2.05) is 13.8 Å². The molecule has 7 nitrogen and oxygen atoms in total. The van der Waals surface area contributed by atoms with Crippen molar-refractivity contribution in [3.8, 4) is 0 Å². The topological polar surface area (TPSA) is 90.2 Å². The molecule has 0 aliphatic rings. The standard InChI is InChI=1S/C18H23N3O4/c1-4-20-15-7-6-13(19-16(23)10-12(3)8-9-22)11-14(15)17(24)21(5-2)18(20)25/h6-7,9,11-12H,4-5,8,10H2,1-3H3,(H,19,23). The van der Waals surface area contributed by atoms with Crippen molar-refractivity contribution in [3.63, 3.8) is 0 Å². The summed E-state index contributed by atoms with van der Waals surface area (Å²) in [6.07, 6.45) is 1.35. The van der Waals surface area contributed by atoms with Crippen LogP contribution in [0.5, 0.6) is 0 Å². The summed E-state index contributed by atoms with van der Waals surface area (Å²) in [5, 5.41) is 3.14. The summed E-state index contributed by atoms with van der Waals surface area (Å²) in [5.74, 6) is -0.256. The van der Waals surface area contributed by atoms with Gasteiger partial charge in [-0.1, -0.05) is 6.92 Å². The highest BCUT2D eigenvalue weighted by molar-refractivity contribution is 5.93. The van der Waals surface area contributed by atoms with Gasteiger partial charge in [0.15, 0.2) is 0 Å². The smallest absolute Gasteiger partial charge is 0.326 e. The predicted molar refractivity (Wildman–Crippen MR) is 96.9 cm³/mol. The summed E-state index contributed by atoms with van der Waals surface area (Å²) >= 11 is 0. The first kappa shape index (κ1) is 18.6. The maximum absolute atomic E-state index is 12.5. The van der Waals surface area contributed by atoms with E-state index in [1.54, 1.807) is 25.1 Å². The summed E-state index contributed by atoms with van der Waals surface area (Å²) in [6.45, 7) is 6.15. The number of nitrogens with zero attached hydrogens (tertiary/aromatic N) is 2. The largest absolute Gasteiger partial charge is 0.331 e. The number of carbonyl (C=O) groups is 2. The minimum absolute atomic E-state index is 0.0412. The summed E-state index contributed by atoms with van der Waals surface area (Å²) in [6, 6.07) is 4.94. The van der Waals surface area contributed by atoms with Crippen molar-refractivity contribution in [2.75, 3.05) is 5.32 Å². The average Bonchev–Trinajstić information content (AvgIpc) is 2.56. The monoisotopic (exact) mass is 345 g/mol. The van der Waals surface area contributed by atoms with Gasteiger partial charge in [0.25, 0.3) is 5.56 Å². The molecule has 0 aliphatic carbocycles. The Morgan fingerprint density at radius 3 is 2.48 bits per heavy atom. The number of fused-ring (bicyclic) bond motifs is 1. The molecule has 0 radical (unpaired) electrons. The van der Waals surface area contributed by atoms with Crippen LogP contribution in [0.1, 0.15) is 33.6 Å². The van der Waals surface area contributed by atoms with Crippen molar-refractivity contribution in [3.05, 3.63) is 39.0 Å². The molecule has 0 saturated carbocycles. The molecule has 1 unspecified atom stereocenters. The lowest BCUT2D eigenvalue weighted by atomic mass is 10.0. The Hall–Kier alpha value is -2.70. The molecule has 1 N–H and O–H groups in total. The van der Waals surface area contributed by atoms with E-state index < -0.39 is 0 Å². The molecule has 0 fully saturated rings. The second-order valence-corrected chi connectivity index (χ2v) is 6.07. The number of benzene rings is 1. The summed E-state index contributed by atoms with van der Waals surface area (Å²) < 4.78 is 2.72. The van der Waals surface area contributed by atoms with Gasteiger partial charge in [-0.05, 0) is 38.0 Å². The maximum atomic E-state index is 12.5. The van der Waals surface area contributed by atoms with Crippen molar-refractivity contribution in [2.45, 2.75) is 46.7 Å². The van der Waals surface area contributed by atoms with Crippen LogP contribution in [0, 0.1) is 5.92 Å². The molecule has 7 heteroatoms. The van der Waals surface area contributed by atoms with Crippen molar-refractivity contribution < 1.29 is 9.59 Å². The summed E-state index contributed by atoms with van der Waals surface area (Å²) in [5.41, 5.74) is 0.353. The third kappa shape index (κ3) is 3.87. The zero-order valence-corrected chi connectivity index (χ0v) is 14.7. The molecular formula is C18H23N3O4. The molecule has 134 valence electrons. The normalized spacial score (nSPS) is 12.1. The summed E-state index contributed by atoms with van der Waals surface area (Å²) in [4.78, 5) is 47.4. The fourth-order valence-corrected chi connectivity index (χ4v) is 2.86. The fourth-order valence-electron chi connectivity index (χ4n) is 2.86. The van der Waals surface area contributed by atoms with Crippen molar-refractivity contribution >= 4 is 28.8 Å². The van der Waals surface area contributed by atoms with E-state index in [9.17, 15) is 19.2 Å². The van der Waals surface area contributed by atoms with Crippen molar-refractivity contribution in [1.82, 2.24) is 9.13 Å². The minimum Gasteiger partial charge on any atom is -0.326 e. The molecule has 0 aliphatic heterocycles. The molecule has 1 aromatic carbocycles. The van der Waals surface area contributed by atoms with E-state index in [0.29, 0.717) is 29.6 Å². The third-order valence-electron chi connectivity index (χ3n) is 4.17. The number of nitrogens with one attached hydrogen (secondary N) is 1. The van der Waals surface area contributed by atoms with Gasteiger partial charge in [0, 0.05) is 31.6 Å². The minimum atomic E-state index is -0.363. The van der Waals surface area contributed by atoms with Crippen molar-refractivity contribution in [1.29, 1.82) is 0 Å². The van der Waals surface area contributed by atoms with Crippen molar-refractivity contribution in [2.24, 2.45) is 5.92 Å². The number of anilines is 1. The molecule has 0 spiro atoms. The first-order valence-corrected chi connectivity index (χ1v) is 8.43. The molecular weight excluding hydrogens is 322 g/mol. The zero-order valence-electron chi connectivity index (χ0n) is 14.7. The molecule has 1 atom stereocenters. The Labute approximate surface area is 145 Å². The van der Waals surface area contributed by atoms with Gasteiger partial charge in [-0.2, -0.15) is 0 Å². The Morgan fingerprint density at radius 1 is 1.20 bits per heavy atom. The van der Waals surface area contributed by atoms with Gasteiger partial charge in [-0.3, -0.25) is 18.7 Å². The van der Waals surface area contributed by atoms with E-state index >= 15 is 0 Å². The SMILES string of the molecule is CCn1c(=O)c2cc(NC(=O)CC(C)CC=O)ccc2n(CC)c1=O. The molecule has 0 saturated heterocycles. The number of aryl methyl sites for hydroxylation is 1. The van der Waals surface area contributed by atoms with Crippen LogP contribution in [0.2, 0.25) is 0 Å². The van der Waals surface area contributed by atoms with Gasteiger partial charge >= 0.3 is 5.69 Å². The van der Waals surface area contributed by atoms with E-state index in [1.165, 1.54) is 9.13 Å². The quantitative estimate of drug-likeness (QED) is 0.774. The van der Waals surface area contributed by atoms with Gasteiger partial charge < -0.3 is 10.1 Å². The number of amides is 1. The molecule has 0 bridgehead atoms. The van der Waals surface area contributed by atoms with E-state index in [4.69, 9.17) is 0 Å². The zero-order chi connectivity index (χ0) is 18.6. The molecule has 2 rings (SSSR count). The number of hydrogen-bond acceptors (Lipinski definition) is 4. The van der Waals surface area contributed by atoms with Crippen LogP contribution in [0.25, 0.3) is 10.9 Å². The van der Waals surface area contributed by atoms with Crippen LogP contribution in [0.15, 0.2) is 27.8 Å². The number of hydrogen-bond donors (Lipinski definition) is 1. The van der Waals surface area contributed by atoms with Gasteiger partial charge in [0.2, 0.25) is 5.91 Å². The van der Waals surface area contributed by atoms with E-state index in [-0.39, 0.29) is 36.0 Å². The number of aromatic nitrogens is 2. The van der Waals surface area contributed by atoms with E-state index in [0.717, 1.165) is 6.29 Å². The molecule has 2 aromatic rings. The molecule has 1 aromatic heterocycles. The van der Waals surface area contributed by atoms with Crippen LogP contribution in [-0.4, -0.2) is 21.3 Å². The molecule has 1 heterocycles. The van der Waals surface area contributed by atoms with Gasteiger partial charge in [-0.15, -0.1) is 0 Å². The van der Waals surface area contributed by atoms with Crippen LogP contribution in [0.4, 0.5) is 5.69 Å². The maximum Gasteiger partial charge on any atom is 0.331 e. The highest BCUT2D eigenvalue weighted by atomic mass is 16.2. The van der Waals surface area contributed by atoms with Gasteiger partial charge in [-0.25, -0.2) is 4.79 Å². The van der Waals surface area contributed by atoms with Crippen LogP contribution in [0.3, 0.4) is 0 Å². The first-order chi connectivity index (χ1) is 11.9. The molecule has 1 amide bonds. The highest BCUT2D eigenvalue weighted by Gasteiger charge is 2.13. The average molecular weight is 345 g/mol. The van der Waals surface area contributed by atoms with Gasteiger partial charge in [0.1, 0.15) is 6.29 Å². The van der Waals surface area contributed by atoms with Gasteiger partial charge in [0.05, 0.1) is 10.9 Å². The van der Waals surface area contributed by atoms with E-state index in [2.05, 4.69) is 5.32 Å². The lowest BCUT2D eigenvalue weighted by Crippen LogP contribution is -2.39. The Morgan fingerprint density at radius 2 is 1.88 bits per heavy atom. The summed E-state index contributed by atoms with van der Waals surface area (Å²) in [7, 11) is 0. The number of carbonyl (C=O) groups excluding carboxylic acids is 2. The lowest BCUT2D eigenvalue weighted by Gasteiger charge is -2.13. The Balaban J connectivity index is 2.42. The fraction of sp³-hybridized carbons (Fsp3) is 0.444. The Bertz CT molecular complexity index is 911. The van der Waals surface area contributed by atoms with Crippen LogP contribution < -0.4 is 16.6 Å². The second-order valence-electron chi connectivity index (χ2n) is 6.07. The second kappa shape index (κ2) is 7.92. The van der Waals surface area contributed by atoms with Crippen LogP contribution in [-0.2, 0) is 22.7 Å². The third-order valence-corrected chi connectivity index (χ3v) is 4.17. The predicted octanol–water partition coefficient (Wildman–Crippen LogP) is 1.76. The first-order valence-electron chi connectivity index (χ1n) is 8.43.